The Balaban J connectivity index is 1.40. The zero-order valence-corrected chi connectivity index (χ0v) is 25.2. The largest absolute Gasteiger partial charge is 0.494 e. The van der Waals surface area contributed by atoms with Crippen molar-refractivity contribution in [1.82, 2.24) is 15.2 Å². The number of hydrogen-bond donors (Lipinski definition) is 2. The molecule has 0 aliphatic carbocycles. The van der Waals surface area contributed by atoms with Crippen molar-refractivity contribution < 1.29 is 4.74 Å². The molecular weight excluding hydrogens is 560 g/mol. The number of rotatable bonds is 10. The van der Waals surface area contributed by atoms with Gasteiger partial charge in [0.2, 0.25) is 0 Å². The smallest absolute Gasteiger partial charge is 0.154 e. The Hall–Kier alpha value is -5.83. The van der Waals surface area contributed by atoms with Crippen molar-refractivity contribution in [3.05, 3.63) is 143 Å². The van der Waals surface area contributed by atoms with E-state index in [0.29, 0.717) is 18.9 Å². The standard InChI is InChI=1S/C36H34N8O/c1-3-45-31-21-19-29(20-22-31)33-23-32(35(41-39-33)40-37-24-27-13-7-4-8-14-27)34-26(2)43-44(30-17-11-6-12-18-30)36(34)42-38-25-28-15-9-5-10-16-28/h4-22,24-25,32,42H,3,23H2,1-2H3,(H,40,41)/b37-24+,38-25-. The van der Waals surface area contributed by atoms with Crippen molar-refractivity contribution in [2.24, 2.45) is 20.4 Å². The number of aromatic nitrogens is 2. The van der Waals surface area contributed by atoms with E-state index in [2.05, 4.69) is 31.3 Å². The highest BCUT2D eigenvalue weighted by atomic mass is 16.5. The van der Waals surface area contributed by atoms with Crippen LogP contribution in [0.4, 0.5) is 5.82 Å². The molecule has 1 unspecified atom stereocenters. The average Bonchev–Trinajstić information content (AvgIpc) is 3.42. The molecule has 1 atom stereocenters. The van der Waals surface area contributed by atoms with E-state index in [9.17, 15) is 0 Å². The summed E-state index contributed by atoms with van der Waals surface area (Å²) in [6, 6.07) is 37.9. The molecule has 45 heavy (non-hydrogen) atoms. The van der Waals surface area contributed by atoms with Crippen LogP contribution in [0.25, 0.3) is 5.69 Å². The predicted molar refractivity (Wildman–Crippen MR) is 182 cm³/mol. The van der Waals surface area contributed by atoms with Crippen LogP contribution in [0, 0.1) is 6.92 Å². The van der Waals surface area contributed by atoms with E-state index in [4.69, 9.17) is 9.84 Å². The molecule has 9 heteroatoms. The number of ether oxygens (including phenoxy) is 1. The molecule has 6 rings (SSSR count). The molecule has 2 N–H and O–H groups in total. The third-order valence-electron chi connectivity index (χ3n) is 7.34. The maximum Gasteiger partial charge on any atom is 0.154 e. The zero-order valence-electron chi connectivity index (χ0n) is 25.2. The summed E-state index contributed by atoms with van der Waals surface area (Å²) < 4.78 is 7.55. The first-order chi connectivity index (χ1) is 22.2. The van der Waals surface area contributed by atoms with E-state index < -0.39 is 0 Å². The van der Waals surface area contributed by atoms with Crippen molar-refractivity contribution in [3.63, 3.8) is 0 Å². The molecule has 0 fully saturated rings. The maximum atomic E-state index is 5.66. The lowest BCUT2D eigenvalue weighted by Gasteiger charge is -2.23. The van der Waals surface area contributed by atoms with Gasteiger partial charge in [-0.2, -0.15) is 20.4 Å². The lowest BCUT2D eigenvalue weighted by Crippen LogP contribution is -2.31. The third-order valence-corrected chi connectivity index (χ3v) is 7.34. The van der Waals surface area contributed by atoms with Gasteiger partial charge in [-0.3, -0.25) is 10.9 Å². The molecule has 9 nitrogen and oxygen atoms in total. The fourth-order valence-corrected chi connectivity index (χ4v) is 5.18. The second-order valence-electron chi connectivity index (χ2n) is 10.4. The molecule has 4 aromatic carbocycles. The Kier molecular flexibility index (Phi) is 9.16. The molecule has 0 saturated carbocycles. The van der Waals surface area contributed by atoms with Gasteiger partial charge in [-0.1, -0.05) is 78.9 Å². The number of hydrazone groups is 2. The number of nitrogens with zero attached hydrogens (tertiary/aromatic N) is 6. The highest BCUT2D eigenvalue weighted by Gasteiger charge is 2.32. The molecular formula is C36H34N8O. The zero-order chi connectivity index (χ0) is 30.8. The SMILES string of the molecule is CCOc1ccc(C2=NN=C(N/N=C/c3ccccc3)C(c3c(C)nn(-c4ccccc4)c3N/N=C\c3ccccc3)C2)cc1. The Morgan fingerprint density at radius 1 is 0.778 bits per heavy atom. The maximum absolute atomic E-state index is 5.66. The first-order valence-corrected chi connectivity index (χ1v) is 14.9. The minimum Gasteiger partial charge on any atom is -0.494 e. The van der Waals surface area contributed by atoms with E-state index in [1.807, 2.05) is 134 Å². The summed E-state index contributed by atoms with van der Waals surface area (Å²) in [5.41, 5.74) is 13.0. The molecule has 2 heterocycles. The molecule has 0 spiro atoms. The summed E-state index contributed by atoms with van der Waals surface area (Å²) in [6.45, 7) is 4.59. The van der Waals surface area contributed by atoms with Gasteiger partial charge < -0.3 is 4.74 Å². The molecule has 1 aliphatic heterocycles. The van der Waals surface area contributed by atoms with Crippen LogP contribution in [-0.4, -0.2) is 40.4 Å². The van der Waals surface area contributed by atoms with Gasteiger partial charge in [-0.25, -0.2) is 4.68 Å². The van der Waals surface area contributed by atoms with Gasteiger partial charge in [0.15, 0.2) is 11.7 Å². The van der Waals surface area contributed by atoms with E-state index >= 15 is 0 Å². The van der Waals surface area contributed by atoms with E-state index in [1.54, 1.807) is 12.4 Å². The van der Waals surface area contributed by atoms with E-state index in [0.717, 1.165) is 50.9 Å². The fraction of sp³-hybridized carbons (Fsp3) is 0.139. The second kappa shape index (κ2) is 14.1. The highest BCUT2D eigenvalue weighted by molar-refractivity contribution is 6.07. The first kappa shape index (κ1) is 29.3. The van der Waals surface area contributed by atoms with Crippen LogP contribution in [-0.2, 0) is 0 Å². The van der Waals surface area contributed by atoms with E-state index in [1.165, 1.54) is 0 Å². The Morgan fingerprint density at radius 2 is 1.38 bits per heavy atom. The van der Waals surface area contributed by atoms with Crippen LogP contribution in [0.5, 0.6) is 5.75 Å². The van der Waals surface area contributed by atoms with Crippen molar-refractivity contribution in [2.75, 3.05) is 12.0 Å². The first-order valence-electron chi connectivity index (χ1n) is 14.9. The summed E-state index contributed by atoms with van der Waals surface area (Å²) in [5, 5.41) is 23.4. The fourth-order valence-electron chi connectivity index (χ4n) is 5.18. The molecule has 0 radical (unpaired) electrons. The number of nitrogens with one attached hydrogen (secondary N) is 2. The van der Waals surface area contributed by atoms with Gasteiger partial charge in [0.05, 0.1) is 42.0 Å². The topological polar surface area (TPSA) is 101 Å². The molecule has 5 aromatic rings. The predicted octanol–water partition coefficient (Wildman–Crippen LogP) is 6.94. The highest BCUT2D eigenvalue weighted by Crippen LogP contribution is 2.36. The normalized spacial score (nSPS) is 14.8. The quantitative estimate of drug-likeness (QED) is 0.135. The minimum absolute atomic E-state index is 0.246. The minimum atomic E-state index is -0.246. The number of amidine groups is 1. The molecule has 1 aliphatic rings. The number of hydrogen-bond acceptors (Lipinski definition) is 8. The second-order valence-corrected chi connectivity index (χ2v) is 10.4. The van der Waals surface area contributed by atoms with Crippen LogP contribution in [0.1, 0.15) is 47.2 Å². The third kappa shape index (κ3) is 7.05. The van der Waals surface area contributed by atoms with Gasteiger partial charge in [-0.05, 0) is 66.9 Å². The molecule has 0 saturated heterocycles. The van der Waals surface area contributed by atoms with Gasteiger partial charge in [-0.15, -0.1) is 5.10 Å². The van der Waals surface area contributed by atoms with Crippen LogP contribution in [0.2, 0.25) is 0 Å². The summed E-state index contributed by atoms with van der Waals surface area (Å²) >= 11 is 0. The summed E-state index contributed by atoms with van der Waals surface area (Å²) in [7, 11) is 0. The van der Waals surface area contributed by atoms with Gasteiger partial charge in [0.25, 0.3) is 0 Å². The number of benzene rings is 4. The Morgan fingerprint density at radius 3 is 2.00 bits per heavy atom. The molecule has 0 bridgehead atoms. The summed E-state index contributed by atoms with van der Waals surface area (Å²) in [6.07, 6.45) is 4.14. The van der Waals surface area contributed by atoms with Crippen LogP contribution < -0.4 is 15.6 Å². The lowest BCUT2D eigenvalue weighted by atomic mass is 9.89. The summed E-state index contributed by atoms with van der Waals surface area (Å²) in [4.78, 5) is 0. The van der Waals surface area contributed by atoms with Crippen LogP contribution in [0.3, 0.4) is 0 Å². The number of anilines is 1. The van der Waals surface area contributed by atoms with Crippen molar-refractivity contribution in [1.29, 1.82) is 0 Å². The van der Waals surface area contributed by atoms with Crippen molar-refractivity contribution in [2.45, 2.75) is 26.2 Å². The van der Waals surface area contributed by atoms with Gasteiger partial charge in [0.1, 0.15) is 5.75 Å². The Bertz CT molecular complexity index is 1830. The summed E-state index contributed by atoms with van der Waals surface area (Å²) in [5.74, 6) is 1.93. The Labute approximate surface area is 262 Å². The molecule has 224 valence electrons. The number of aryl methyl sites for hydroxylation is 1. The monoisotopic (exact) mass is 594 g/mol. The van der Waals surface area contributed by atoms with Crippen molar-refractivity contribution >= 4 is 29.8 Å². The van der Waals surface area contributed by atoms with Crippen molar-refractivity contribution in [3.8, 4) is 11.4 Å². The van der Waals surface area contributed by atoms with Crippen LogP contribution in [0.15, 0.2) is 136 Å². The van der Waals surface area contributed by atoms with Crippen LogP contribution >= 0.6 is 0 Å². The average molecular weight is 595 g/mol. The molecule has 0 amide bonds. The number of para-hydroxylation sites is 1. The van der Waals surface area contributed by atoms with Gasteiger partial charge in [0, 0.05) is 12.0 Å². The van der Waals surface area contributed by atoms with Gasteiger partial charge >= 0.3 is 0 Å². The lowest BCUT2D eigenvalue weighted by molar-refractivity contribution is 0.340. The molecule has 1 aromatic heterocycles. The van der Waals surface area contributed by atoms with E-state index in [-0.39, 0.29) is 5.92 Å².